The van der Waals surface area contributed by atoms with Crippen LogP contribution in [0.5, 0.6) is 11.5 Å². The molecule has 0 unspecified atom stereocenters. The first-order chi connectivity index (χ1) is 9.13. The molecule has 1 N–H and O–H groups in total. The highest BCUT2D eigenvalue weighted by molar-refractivity contribution is 7.13. The van der Waals surface area contributed by atoms with Crippen molar-refractivity contribution in [3.63, 3.8) is 0 Å². The summed E-state index contributed by atoms with van der Waals surface area (Å²) in [5.74, 6) is 1.19. The second-order valence-corrected chi connectivity index (χ2v) is 5.37. The molecular formula is C13H12N2O3S. The minimum atomic E-state index is -0.151. The van der Waals surface area contributed by atoms with Crippen LogP contribution in [0.1, 0.15) is 20.4 Å². The standard InChI is InChI=1S/C13H12N2O3S/c1-7-12(19-8(2)14-7)13(16)15-9-3-4-10-11(5-9)18-6-17-10/h3-5H,6H2,1-2H3,(H,15,16). The number of nitrogens with zero attached hydrogens (tertiary/aromatic N) is 1. The first-order valence-electron chi connectivity index (χ1n) is 5.78. The number of aromatic nitrogens is 1. The summed E-state index contributed by atoms with van der Waals surface area (Å²) in [6.07, 6.45) is 0. The molecule has 2 heterocycles. The van der Waals surface area contributed by atoms with E-state index in [1.54, 1.807) is 18.2 Å². The maximum atomic E-state index is 12.1. The summed E-state index contributed by atoms with van der Waals surface area (Å²) < 4.78 is 10.5. The van der Waals surface area contributed by atoms with Gasteiger partial charge in [-0.1, -0.05) is 0 Å². The van der Waals surface area contributed by atoms with Crippen LogP contribution in [0.4, 0.5) is 5.69 Å². The number of nitrogens with one attached hydrogen (secondary N) is 1. The highest BCUT2D eigenvalue weighted by Crippen LogP contribution is 2.34. The second kappa shape index (κ2) is 4.55. The number of rotatable bonds is 2. The Morgan fingerprint density at radius 1 is 1.32 bits per heavy atom. The molecule has 1 aromatic carbocycles. The fourth-order valence-corrected chi connectivity index (χ4v) is 2.72. The molecule has 2 aromatic rings. The van der Waals surface area contributed by atoms with Crippen LogP contribution in [0.2, 0.25) is 0 Å². The van der Waals surface area contributed by atoms with Gasteiger partial charge in [0, 0.05) is 11.8 Å². The highest BCUT2D eigenvalue weighted by atomic mass is 32.1. The van der Waals surface area contributed by atoms with Gasteiger partial charge >= 0.3 is 0 Å². The monoisotopic (exact) mass is 276 g/mol. The maximum Gasteiger partial charge on any atom is 0.267 e. The molecule has 98 valence electrons. The Bertz CT molecular complexity index is 651. The van der Waals surface area contributed by atoms with Gasteiger partial charge in [0.1, 0.15) is 4.88 Å². The number of carbonyl (C=O) groups excluding carboxylic acids is 1. The predicted molar refractivity (Wildman–Crippen MR) is 72.1 cm³/mol. The Morgan fingerprint density at radius 2 is 2.11 bits per heavy atom. The summed E-state index contributed by atoms with van der Waals surface area (Å²) >= 11 is 1.39. The quantitative estimate of drug-likeness (QED) is 0.916. The molecule has 1 amide bonds. The smallest absolute Gasteiger partial charge is 0.267 e. The summed E-state index contributed by atoms with van der Waals surface area (Å²) in [6, 6.07) is 5.32. The predicted octanol–water partition coefficient (Wildman–Crippen LogP) is 2.74. The molecule has 0 saturated carbocycles. The third-order valence-electron chi connectivity index (χ3n) is 2.74. The maximum absolute atomic E-state index is 12.1. The van der Waals surface area contributed by atoms with Crippen LogP contribution in [0, 0.1) is 13.8 Å². The Balaban J connectivity index is 1.81. The first-order valence-corrected chi connectivity index (χ1v) is 6.60. The molecule has 0 spiro atoms. The van der Waals surface area contributed by atoms with E-state index in [2.05, 4.69) is 10.3 Å². The molecular weight excluding hydrogens is 264 g/mol. The highest BCUT2D eigenvalue weighted by Gasteiger charge is 2.17. The Hall–Kier alpha value is -2.08. The van der Waals surface area contributed by atoms with Crippen molar-refractivity contribution in [1.82, 2.24) is 4.98 Å². The zero-order chi connectivity index (χ0) is 13.4. The molecule has 1 aliphatic rings. The zero-order valence-electron chi connectivity index (χ0n) is 10.5. The average molecular weight is 276 g/mol. The van der Waals surface area contributed by atoms with E-state index in [-0.39, 0.29) is 12.7 Å². The van der Waals surface area contributed by atoms with Crippen molar-refractivity contribution >= 4 is 22.9 Å². The molecule has 0 fully saturated rings. The van der Waals surface area contributed by atoms with Crippen molar-refractivity contribution in [1.29, 1.82) is 0 Å². The lowest BCUT2D eigenvalue weighted by Crippen LogP contribution is -2.11. The Kier molecular flexibility index (Phi) is 2.87. The normalized spacial score (nSPS) is 12.5. The number of anilines is 1. The molecule has 0 saturated heterocycles. The summed E-state index contributed by atoms with van der Waals surface area (Å²) in [6.45, 7) is 3.94. The lowest BCUT2D eigenvalue weighted by molar-refractivity contribution is 0.103. The third kappa shape index (κ3) is 2.26. The summed E-state index contributed by atoms with van der Waals surface area (Å²) in [4.78, 5) is 17.0. The molecule has 0 atom stereocenters. The van der Waals surface area contributed by atoms with Crippen LogP contribution in [0.3, 0.4) is 0 Å². The minimum absolute atomic E-state index is 0.151. The van der Waals surface area contributed by atoms with Gasteiger partial charge in [0.15, 0.2) is 11.5 Å². The molecule has 0 aliphatic carbocycles. The van der Waals surface area contributed by atoms with Crippen molar-refractivity contribution in [2.75, 3.05) is 12.1 Å². The number of amides is 1. The number of fused-ring (bicyclic) bond motifs is 1. The van der Waals surface area contributed by atoms with Crippen LogP contribution in [0.25, 0.3) is 0 Å². The number of aryl methyl sites for hydroxylation is 2. The van der Waals surface area contributed by atoms with Gasteiger partial charge in [-0.05, 0) is 26.0 Å². The van der Waals surface area contributed by atoms with Gasteiger partial charge in [-0.3, -0.25) is 4.79 Å². The van der Waals surface area contributed by atoms with Gasteiger partial charge in [0.05, 0.1) is 10.7 Å². The summed E-state index contributed by atoms with van der Waals surface area (Å²) in [5.41, 5.74) is 1.43. The fourth-order valence-electron chi connectivity index (χ4n) is 1.90. The average Bonchev–Trinajstić information content (AvgIpc) is 2.94. The van der Waals surface area contributed by atoms with Gasteiger partial charge in [-0.25, -0.2) is 4.98 Å². The van der Waals surface area contributed by atoms with Gasteiger partial charge in [0.25, 0.3) is 5.91 Å². The van der Waals surface area contributed by atoms with E-state index in [0.717, 1.165) is 10.7 Å². The third-order valence-corrected chi connectivity index (χ3v) is 3.81. The SMILES string of the molecule is Cc1nc(C)c(C(=O)Nc2ccc3c(c2)OCO3)s1. The van der Waals surface area contributed by atoms with Crippen LogP contribution in [-0.4, -0.2) is 17.7 Å². The van der Waals surface area contributed by atoms with Crippen molar-refractivity contribution in [3.8, 4) is 11.5 Å². The van der Waals surface area contributed by atoms with Gasteiger partial charge < -0.3 is 14.8 Å². The number of hydrogen-bond donors (Lipinski definition) is 1. The molecule has 5 nitrogen and oxygen atoms in total. The Labute approximate surface area is 114 Å². The number of carbonyl (C=O) groups is 1. The number of benzene rings is 1. The Morgan fingerprint density at radius 3 is 2.84 bits per heavy atom. The largest absolute Gasteiger partial charge is 0.454 e. The van der Waals surface area contributed by atoms with E-state index in [0.29, 0.717) is 22.1 Å². The van der Waals surface area contributed by atoms with E-state index >= 15 is 0 Å². The lowest BCUT2D eigenvalue weighted by atomic mass is 10.2. The van der Waals surface area contributed by atoms with Crippen molar-refractivity contribution in [2.45, 2.75) is 13.8 Å². The second-order valence-electron chi connectivity index (χ2n) is 4.17. The molecule has 3 rings (SSSR count). The van der Waals surface area contributed by atoms with E-state index in [1.165, 1.54) is 11.3 Å². The van der Waals surface area contributed by atoms with Crippen molar-refractivity contribution in [3.05, 3.63) is 33.8 Å². The van der Waals surface area contributed by atoms with Crippen LogP contribution in [-0.2, 0) is 0 Å². The number of ether oxygens (including phenoxy) is 2. The number of hydrogen-bond acceptors (Lipinski definition) is 5. The summed E-state index contributed by atoms with van der Waals surface area (Å²) in [7, 11) is 0. The van der Waals surface area contributed by atoms with E-state index in [9.17, 15) is 4.79 Å². The molecule has 6 heteroatoms. The van der Waals surface area contributed by atoms with Crippen LogP contribution in [0.15, 0.2) is 18.2 Å². The van der Waals surface area contributed by atoms with E-state index in [4.69, 9.17) is 9.47 Å². The lowest BCUT2D eigenvalue weighted by Gasteiger charge is -2.05. The molecule has 0 bridgehead atoms. The number of thiazole rings is 1. The molecule has 19 heavy (non-hydrogen) atoms. The topological polar surface area (TPSA) is 60.5 Å². The minimum Gasteiger partial charge on any atom is -0.454 e. The fraction of sp³-hybridized carbons (Fsp3) is 0.231. The first kappa shape index (κ1) is 12.0. The molecule has 1 aliphatic heterocycles. The van der Waals surface area contributed by atoms with E-state index < -0.39 is 0 Å². The van der Waals surface area contributed by atoms with E-state index in [1.807, 2.05) is 13.8 Å². The van der Waals surface area contributed by atoms with Gasteiger partial charge in [-0.2, -0.15) is 0 Å². The van der Waals surface area contributed by atoms with Crippen LogP contribution >= 0.6 is 11.3 Å². The van der Waals surface area contributed by atoms with Gasteiger partial charge in [-0.15, -0.1) is 11.3 Å². The van der Waals surface area contributed by atoms with Crippen molar-refractivity contribution in [2.24, 2.45) is 0 Å². The van der Waals surface area contributed by atoms with Crippen LogP contribution < -0.4 is 14.8 Å². The van der Waals surface area contributed by atoms with Gasteiger partial charge in [0.2, 0.25) is 6.79 Å². The van der Waals surface area contributed by atoms with Crippen molar-refractivity contribution < 1.29 is 14.3 Å². The molecule has 0 radical (unpaired) electrons. The summed E-state index contributed by atoms with van der Waals surface area (Å²) in [5, 5.41) is 3.72. The zero-order valence-corrected chi connectivity index (χ0v) is 11.3. The molecule has 1 aromatic heterocycles.